The molecule has 52 heavy (non-hydrogen) atoms. The molecule has 1 aromatic carbocycles. The Morgan fingerprint density at radius 2 is 1.54 bits per heavy atom. The van der Waals surface area contributed by atoms with E-state index in [1.807, 2.05) is 58.0 Å². The molecule has 3 amide bonds. The highest BCUT2D eigenvalue weighted by molar-refractivity contribution is 6.70. The van der Waals surface area contributed by atoms with E-state index in [9.17, 15) is 19.2 Å². The van der Waals surface area contributed by atoms with Gasteiger partial charge in [-0.05, 0) is 73.6 Å². The summed E-state index contributed by atoms with van der Waals surface area (Å²) in [6, 6.07) is 7.05. The molecule has 2 aliphatic rings. The summed E-state index contributed by atoms with van der Waals surface area (Å²) in [4.78, 5) is 57.5. The zero-order chi connectivity index (χ0) is 39.4. The molecule has 2 fully saturated rings. The fraction of sp³-hybridized carbons (Fsp3) is 0.756. The van der Waals surface area contributed by atoms with Crippen LogP contribution in [0.25, 0.3) is 0 Å². The van der Waals surface area contributed by atoms with Gasteiger partial charge in [-0.3, -0.25) is 14.4 Å². The zero-order valence-corrected chi connectivity index (χ0v) is 35.6. The van der Waals surface area contributed by atoms with E-state index in [1.54, 1.807) is 19.1 Å². The third-order valence-corrected chi connectivity index (χ3v) is 13.5. The van der Waals surface area contributed by atoms with Crippen LogP contribution in [0.15, 0.2) is 30.3 Å². The molecule has 2 bridgehead atoms. The molecule has 2 saturated carbocycles. The summed E-state index contributed by atoms with van der Waals surface area (Å²) in [7, 11) is 1.20. The Balaban J connectivity index is 1.84. The van der Waals surface area contributed by atoms with Gasteiger partial charge < -0.3 is 29.4 Å². The number of Topliss-reactive ketones (excluding diaryl/α,β-unsaturated/α-hetero) is 1. The van der Waals surface area contributed by atoms with Crippen LogP contribution in [-0.4, -0.2) is 80.9 Å². The number of carbonyl (C=O) groups is 4. The van der Waals surface area contributed by atoms with Gasteiger partial charge in [0.2, 0.25) is 11.8 Å². The fourth-order valence-electron chi connectivity index (χ4n) is 8.88. The van der Waals surface area contributed by atoms with Crippen molar-refractivity contribution in [1.29, 1.82) is 0 Å². The number of benzene rings is 1. The summed E-state index contributed by atoms with van der Waals surface area (Å²) in [5, 5.41) is 5.65. The lowest BCUT2D eigenvalue weighted by atomic mass is 9.62. The number of nitrogens with one attached hydrogen (secondary N) is 2. The standard InChI is InChI=1S/C41H69N3O7Si/c1-15-28(6)35(31(49-11)23-32(45)41(51-52(12,13)14)24-30-21-22-40(41,9)39(30,7)8)44(10)37(47)34(27(4)5)42-36(46)33(26(2)3)43-38(48)50-25-29-19-17-16-18-20-29/h16-20,26-28,30-31,33-35H,15,21-25H2,1-14H3,(H,42,46)(H,43,48)/t28-,30+,31+,33-,34+,35-,40+,41-/m0/s1. The van der Waals surface area contributed by atoms with Gasteiger partial charge in [-0.15, -0.1) is 0 Å². The number of rotatable bonds is 18. The van der Waals surface area contributed by atoms with Gasteiger partial charge in [-0.25, -0.2) is 4.79 Å². The first-order chi connectivity index (χ1) is 24.1. The predicted octanol–water partition coefficient (Wildman–Crippen LogP) is 7.36. The Labute approximate surface area is 315 Å². The van der Waals surface area contributed by atoms with Gasteiger partial charge in [0.1, 0.15) is 24.3 Å². The van der Waals surface area contributed by atoms with Crippen LogP contribution < -0.4 is 10.6 Å². The van der Waals surface area contributed by atoms with E-state index in [1.165, 1.54) is 0 Å². The molecule has 11 heteroatoms. The van der Waals surface area contributed by atoms with E-state index in [4.69, 9.17) is 13.9 Å². The second-order valence-electron chi connectivity index (χ2n) is 17.9. The highest BCUT2D eigenvalue weighted by Gasteiger charge is 2.72. The molecule has 2 N–H and O–H groups in total. The van der Waals surface area contributed by atoms with Crippen LogP contribution in [-0.2, 0) is 34.9 Å². The second-order valence-corrected chi connectivity index (χ2v) is 22.3. The van der Waals surface area contributed by atoms with Gasteiger partial charge in [-0.2, -0.15) is 0 Å². The molecule has 10 nitrogen and oxygen atoms in total. The third kappa shape index (κ3) is 9.12. The van der Waals surface area contributed by atoms with E-state index < -0.39 is 50.1 Å². The predicted molar refractivity (Wildman–Crippen MR) is 208 cm³/mol. The highest BCUT2D eigenvalue weighted by atomic mass is 28.4. The lowest BCUT2D eigenvalue weighted by Gasteiger charge is -2.51. The summed E-state index contributed by atoms with van der Waals surface area (Å²) in [5.74, 6) is -0.833. The van der Waals surface area contributed by atoms with Gasteiger partial charge in [0.15, 0.2) is 14.1 Å². The Bertz CT molecular complexity index is 1400. The molecule has 0 saturated heterocycles. The van der Waals surface area contributed by atoms with E-state index in [0.29, 0.717) is 12.3 Å². The van der Waals surface area contributed by atoms with Crippen LogP contribution in [0.1, 0.15) is 100.0 Å². The number of ether oxygens (including phenoxy) is 2. The number of amides is 3. The molecule has 0 spiro atoms. The molecular formula is C41H69N3O7Si. The van der Waals surface area contributed by atoms with Crippen molar-refractivity contribution in [2.24, 2.45) is 34.5 Å². The van der Waals surface area contributed by atoms with Crippen LogP contribution in [0.2, 0.25) is 19.6 Å². The van der Waals surface area contributed by atoms with Crippen LogP contribution in [0, 0.1) is 34.5 Å². The maximum atomic E-state index is 14.9. The molecular weight excluding hydrogens is 675 g/mol. The lowest BCUT2D eigenvalue weighted by Crippen LogP contribution is -2.61. The number of likely N-dealkylation sites (N-methyl/N-ethyl adjacent to an activating group) is 1. The summed E-state index contributed by atoms with van der Waals surface area (Å²) >= 11 is 0. The number of nitrogens with zero attached hydrogens (tertiary/aromatic N) is 1. The van der Waals surface area contributed by atoms with Crippen LogP contribution in [0.3, 0.4) is 0 Å². The first-order valence-corrected chi connectivity index (χ1v) is 22.8. The summed E-state index contributed by atoms with van der Waals surface area (Å²) in [6.07, 6.45) is 2.33. The Hall–Kier alpha value is -2.76. The first-order valence-electron chi connectivity index (χ1n) is 19.4. The molecule has 294 valence electrons. The van der Waals surface area contributed by atoms with Crippen molar-refractivity contribution in [3.05, 3.63) is 35.9 Å². The number of ketones is 1. The van der Waals surface area contributed by atoms with E-state index in [0.717, 1.165) is 24.8 Å². The number of alkyl carbamates (subject to hydrolysis) is 1. The number of hydrogen-bond donors (Lipinski definition) is 2. The summed E-state index contributed by atoms with van der Waals surface area (Å²) < 4.78 is 18.6. The zero-order valence-electron chi connectivity index (χ0n) is 34.6. The number of carbonyl (C=O) groups excluding carboxylic acids is 4. The quantitative estimate of drug-likeness (QED) is 0.151. The first kappa shape index (κ1) is 43.6. The van der Waals surface area contributed by atoms with Crippen molar-refractivity contribution in [3.63, 3.8) is 0 Å². The van der Waals surface area contributed by atoms with Crippen molar-refractivity contribution < 1.29 is 33.1 Å². The fourth-order valence-corrected chi connectivity index (χ4v) is 10.4. The summed E-state index contributed by atoms with van der Waals surface area (Å²) in [5.41, 5.74) is -0.428. The maximum absolute atomic E-state index is 14.9. The Kier molecular flexibility index (Phi) is 14.4. The second kappa shape index (κ2) is 17.1. The van der Waals surface area contributed by atoms with E-state index in [-0.39, 0.29) is 53.3 Å². The molecule has 3 rings (SSSR count). The van der Waals surface area contributed by atoms with Crippen LogP contribution in [0.4, 0.5) is 4.79 Å². The Morgan fingerprint density at radius 1 is 0.942 bits per heavy atom. The lowest BCUT2D eigenvalue weighted by molar-refractivity contribution is -0.157. The largest absolute Gasteiger partial charge is 0.445 e. The molecule has 0 unspecified atom stereocenters. The SMILES string of the molecule is CC[C@H](C)[C@@H]([C@@H](CC(=O)[C@@]1(O[Si](C)(C)C)C[C@H]2CC[C@]1(C)C2(C)C)OC)N(C)C(=O)[C@H](NC(=O)[C@@H](NC(=O)OCc1ccccc1)C(C)C)C(C)C. The molecule has 0 aliphatic heterocycles. The number of methoxy groups -OCH3 is 1. The average molecular weight is 744 g/mol. The number of fused-ring (bicyclic) bond motifs is 2. The van der Waals surface area contributed by atoms with Crippen molar-refractivity contribution in [2.45, 2.75) is 150 Å². The molecule has 0 radical (unpaired) electrons. The average Bonchev–Trinajstić information content (AvgIpc) is 3.39. The molecule has 0 heterocycles. The summed E-state index contributed by atoms with van der Waals surface area (Å²) in [6.45, 7) is 24.9. The van der Waals surface area contributed by atoms with Gasteiger partial charge in [0.25, 0.3) is 0 Å². The van der Waals surface area contributed by atoms with Gasteiger partial charge in [0.05, 0.1) is 12.1 Å². The van der Waals surface area contributed by atoms with E-state index in [2.05, 4.69) is 64.9 Å². The minimum absolute atomic E-state index is 0.0133. The minimum Gasteiger partial charge on any atom is -0.445 e. The van der Waals surface area contributed by atoms with Crippen LogP contribution in [0.5, 0.6) is 0 Å². The van der Waals surface area contributed by atoms with E-state index >= 15 is 0 Å². The van der Waals surface area contributed by atoms with Crippen molar-refractivity contribution in [3.8, 4) is 0 Å². The minimum atomic E-state index is -2.15. The smallest absolute Gasteiger partial charge is 0.408 e. The maximum Gasteiger partial charge on any atom is 0.408 e. The van der Waals surface area contributed by atoms with Crippen molar-refractivity contribution in [2.75, 3.05) is 14.2 Å². The topological polar surface area (TPSA) is 123 Å². The molecule has 1 aromatic rings. The van der Waals surface area contributed by atoms with Gasteiger partial charge >= 0.3 is 6.09 Å². The van der Waals surface area contributed by atoms with Gasteiger partial charge in [0, 0.05) is 26.0 Å². The van der Waals surface area contributed by atoms with Crippen LogP contribution >= 0.6 is 0 Å². The Morgan fingerprint density at radius 3 is 2.00 bits per heavy atom. The molecule has 2 aliphatic carbocycles. The third-order valence-electron chi connectivity index (χ3n) is 12.5. The molecule has 8 atom stereocenters. The van der Waals surface area contributed by atoms with Gasteiger partial charge in [-0.1, -0.05) is 99.1 Å². The number of hydrogen-bond acceptors (Lipinski definition) is 7. The highest BCUT2D eigenvalue weighted by Crippen LogP contribution is 2.71. The normalized spacial score (nSPS) is 25.3. The molecule has 0 aromatic heterocycles. The van der Waals surface area contributed by atoms with Crippen molar-refractivity contribution >= 4 is 32.0 Å². The monoisotopic (exact) mass is 743 g/mol. The van der Waals surface area contributed by atoms with Crippen molar-refractivity contribution in [1.82, 2.24) is 15.5 Å².